The van der Waals surface area contributed by atoms with Gasteiger partial charge in [-0.1, -0.05) is 0 Å². The van der Waals surface area contributed by atoms with Gasteiger partial charge in [-0.3, -0.25) is 14.5 Å². The third-order valence-corrected chi connectivity index (χ3v) is 5.22. The van der Waals surface area contributed by atoms with Crippen molar-refractivity contribution in [1.82, 2.24) is 24.5 Å². The number of hydrogen-bond donors (Lipinski definition) is 0. The molecule has 4 rings (SSSR count). The van der Waals surface area contributed by atoms with E-state index in [1.807, 2.05) is 6.07 Å². The van der Waals surface area contributed by atoms with E-state index < -0.39 is 0 Å². The second-order valence-corrected chi connectivity index (χ2v) is 7.10. The zero-order valence-electron chi connectivity index (χ0n) is 14.5. The second-order valence-electron chi connectivity index (χ2n) is 7.10. The minimum atomic E-state index is -0.0563. The van der Waals surface area contributed by atoms with Crippen LogP contribution in [0.15, 0.2) is 34.0 Å². The molecule has 0 bridgehead atoms. The van der Waals surface area contributed by atoms with E-state index in [0.29, 0.717) is 19.0 Å². The molecule has 1 aliphatic carbocycles. The Labute approximate surface area is 145 Å². The summed E-state index contributed by atoms with van der Waals surface area (Å²) in [5.41, 5.74) is 1.68. The van der Waals surface area contributed by atoms with Gasteiger partial charge in [0.05, 0.1) is 12.2 Å². The van der Waals surface area contributed by atoms with Crippen molar-refractivity contribution in [3.05, 3.63) is 56.4 Å². The lowest BCUT2D eigenvalue weighted by Gasteiger charge is -2.24. The van der Waals surface area contributed by atoms with Gasteiger partial charge in [0.2, 0.25) is 0 Å². The third-order valence-electron chi connectivity index (χ3n) is 5.22. The van der Waals surface area contributed by atoms with Crippen LogP contribution in [0.1, 0.15) is 42.9 Å². The van der Waals surface area contributed by atoms with Crippen molar-refractivity contribution in [3.8, 4) is 0 Å². The normalized spacial score (nSPS) is 20.9. The van der Waals surface area contributed by atoms with Crippen molar-refractivity contribution in [3.63, 3.8) is 0 Å². The maximum absolute atomic E-state index is 12.2. The average molecular weight is 341 g/mol. The third kappa shape index (κ3) is 3.42. The molecule has 1 saturated heterocycles. The minimum Gasteiger partial charge on any atom is -0.294 e. The molecule has 0 aromatic carbocycles. The molecule has 1 atom stereocenters. The maximum atomic E-state index is 12.2. The van der Waals surface area contributed by atoms with Gasteiger partial charge >= 0.3 is 0 Å². The summed E-state index contributed by atoms with van der Waals surface area (Å²) < 4.78 is 2.98. The Balaban J connectivity index is 1.52. The smallest absolute Gasteiger partial charge is 0.270 e. The summed E-state index contributed by atoms with van der Waals surface area (Å²) >= 11 is 0. The first-order valence-corrected chi connectivity index (χ1v) is 8.95. The van der Waals surface area contributed by atoms with E-state index in [-0.39, 0.29) is 17.2 Å². The van der Waals surface area contributed by atoms with Gasteiger partial charge in [-0.05, 0) is 44.4 Å². The van der Waals surface area contributed by atoms with E-state index in [9.17, 15) is 9.59 Å². The number of likely N-dealkylation sites (tertiary alicyclic amines) is 1. The van der Waals surface area contributed by atoms with E-state index >= 15 is 0 Å². The Hall–Kier alpha value is -2.28. The number of aryl methyl sites for hydroxylation is 1. The molecule has 1 unspecified atom stereocenters. The first kappa shape index (κ1) is 16.2. The van der Waals surface area contributed by atoms with Gasteiger partial charge < -0.3 is 0 Å². The predicted octanol–water partition coefficient (Wildman–Crippen LogP) is 0.879. The second kappa shape index (κ2) is 6.55. The van der Waals surface area contributed by atoms with Crippen LogP contribution in [0.4, 0.5) is 0 Å². The zero-order valence-corrected chi connectivity index (χ0v) is 14.5. The van der Waals surface area contributed by atoms with Gasteiger partial charge in [-0.15, -0.1) is 0 Å². The van der Waals surface area contributed by atoms with E-state index in [2.05, 4.69) is 15.1 Å². The van der Waals surface area contributed by atoms with Crippen molar-refractivity contribution < 1.29 is 0 Å². The molecule has 0 radical (unpaired) electrons. The van der Waals surface area contributed by atoms with Crippen molar-refractivity contribution in [2.75, 3.05) is 6.54 Å². The number of aromatic nitrogens is 4. The summed E-state index contributed by atoms with van der Waals surface area (Å²) in [6.45, 7) is 2.12. The van der Waals surface area contributed by atoms with E-state index in [4.69, 9.17) is 0 Å². The van der Waals surface area contributed by atoms with Crippen LogP contribution in [0.5, 0.6) is 0 Å². The first-order valence-electron chi connectivity index (χ1n) is 8.95. The Morgan fingerprint density at radius 1 is 1.16 bits per heavy atom. The first-order chi connectivity index (χ1) is 12.1. The molecule has 7 nitrogen and oxygen atoms in total. The Kier molecular flexibility index (Phi) is 4.25. The van der Waals surface area contributed by atoms with Crippen LogP contribution in [-0.4, -0.2) is 37.0 Å². The van der Waals surface area contributed by atoms with Crippen molar-refractivity contribution in [1.29, 1.82) is 0 Å². The molecule has 132 valence electrons. The summed E-state index contributed by atoms with van der Waals surface area (Å²) in [6.07, 6.45) is 6.10. The topological polar surface area (TPSA) is 73.0 Å². The lowest BCUT2D eigenvalue weighted by atomic mass is 10.2. The molecule has 2 fully saturated rings. The zero-order chi connectivity index (χ0) is 17.4. The Morgan fingerprint density at radius 2 is 2.00 bits per heavy atom. The summed E-state index contributed by atoms with van der Waals surface area (Å²) in [5, 5.41) is 8.55. The standard InChI is InChI=1S/C18H23N5O2/c1-21-18(25)14(8-9-19-21)11-22-10-2-3-15(22)12-23-17(24)7-6-16(20-23)13-4-5-13/h6-9,13,15H,2-5,10-12H2,1H3. The van der Waals surface area contributed by atoms with Crippen LogP contribution in [0.25, 0.3) is 0 Å². The maximum Gasteiger partial charge on any atom is 0.270 e. The molecule has 1 saturated carbocycles. The molecule has 0 N–H and O–H groups in total. The molecular formula is C18H23N5O2. The Morgan fingerprint density at radius 3 is 2.80 bits per heavy atom. The van der Waals surface area contributed by atoms with Crippen molar-refractivity contribution in [2.24, 2.45) is 7.05 Å². The largest absolute Gasteiger partial charge is 0.294 e. The molecule has 1 aliphatic heterocycles. The van der Waals surface area contributed by atoms with Gasteiger partial charge in [0.15, 0.2) is 0 Å². The van der Waals surface area contributed by atoms with Gasteiger partial charge in [0.1, 0.15) is 0 Å². The van der Waals surface area contributed by atoms with E-state index in [0.717, 1.165) is 30.6 Å². The molecule has 0 amide bonds. The number of nitrogens with zero attached hydrogens (tertiary/aromatic N) is 5. The number of rotatable bonds is 5. The molecule has 7 heteroatoms. The SMILES string of the molecule is Cn1nccc(CN2CCCC2Cn2nc(C3CC3)ccc2=O)c1=O. The lowest BCUT2D eigenvalue weighted by molar-refractivity contribution is 0.215. The summed E-state index contributed by atoms with van der Waals surface area (Å²) in [7, 11) is 1.67. The number of hydrogen-bond acceptors (Lipinski definition) is 5. The highest BCUT2D eigenvalue weighted by Gasteiger charge is 2.28. The van der Waals surface area contributed by atoms with Crippen LogP contribution in [-0.2, 0) is 20.1 Å². The molecule has 2 aromatic heterocycles. The highest BCUT2D eigenvalue weighted by Crippen LogP contribution is 2.38. The van der Waals surface area contributed by atoms with Gasteiger partial charge in [-0.25, -0.2) is 9.36 Å². The lowest BCUT2D eigenvalue weighted by Crippen LogP contribution is -2.38. The fraction of sp³-hybridized carbons (Fsp3) is 0.556. The van der Waals surface area contributed by atoms with Crippen LogP contribution in [0, 0.1) is 0 Å². The van der Waals surface area contributed by atoms with Crippen molar-refractivity contribution in [2.45, 2.75) is 50.7 Å². The van der Waals surface area contributed by atoms with E-state index in [1.165, 1.54) is 17.5 Å². The van der Waals surface area contributed by atoms with E-state index in [1.54, 1.807) is 30.1 Å². The summed E-state index contributed by atoms with van der Waals surface area (Å²) in [4.78, 5) is 26.7. The van der Waals surface area contributed by atoms with Gasteiger partial charge in [0.25, 0.3) is 11.1 Å². The molecule has 25 heavy (non-hydrogen) atoms. The van der Waals surface area contributed by atoms with Gasteiger partial charge in [0, 0.05) is 43.4 Å². The highest BCUT2D eigenvalue weighted by atomic mass is 16.1. The molecule has 2 aliphatic rings. The summed E-state index contributed by atoms with van der Waals surface area (Å²) in [6, 6.07) is 5.52. The molecule has 2 aromatic rings. The highest BCUT2D eigenvalue weighted by molar-refractivity contribution is 5.13. The summed E-state index contributed by atoms with van der Waals surface area (Å²) in [5.74, 6) is 0.534. The quantitative estimate of drug-likeness (QED) is 0.807. The van der Waals surface area contributed by atoms with Gasteiger partial charge in [-0.2, -0.15) is 10.2 Å². The molecule has 3 heterocycles. The molecule has 0 spiro atoms. The minimum absolute atomic E-state index is 0.0453. The van der Waals surface area contributed by atoms with Crippen LogP contribution in [0.3, 0.4) is 0 Å². The van der Waals surface area contributed by atoms with Crippen molar-refractivity contribution >= 4 is 0 Å². The molecular weight excluding hydrogens is 318 g/mol. The Bertz CT molecular complexity index is 884. The predicted molar refractivity (Wildman–Crippen MR) is 93.4 cm³/mol. The fourth-order valence-corrected chi connectivity index (χ4v) is 3.60. The monoisotopic (exact) mass is 341 g/mol. The average Bonchev–Trinajstić information content (AvgIpc) is 3.36. The fourth-order valence-electron chi connectivity index (χ4n) is 3.60. The van der Waals surface area contributed by atoms with Crippen LogP contribution >= 0.6 is 0 Å². The van der Waals surface area contributed by atoms with Crippen LogP contribution < -0.4 is 11.1 Å². The van der Waals surface area contributed by atoms with Crippen LogP contribution in [0.2, 0.25) is 0 Å².